The highest BCUT2D eigenvalue weighted by molar-refractivity contribution is 5.94. The summed E-state index contributed by atoms with van der Waals surface area (Å²) in [6.07, 6.45) is -1.07. The Morgan fingerprint density at radius 3 is 2.22 bits per heavy atom. The van der Waals surface area contributed by atoms with E-state index in [1.807, 2.05) is 43.3 Å². The van der Waals surface area contributed by atoms with Gasteiger partial charge in [0, 0.05) is 44.6 Å². The van der Waals surface area contributed by atoms with E-state index in [1.54, 1.807) is 36.4 Å². The van der Waals surface area contributed by atoms with Gasteiger partial charge < -0.3 is 20.7 Å². The number of benzene rings is 3. The molecular weight excluding hydrogens is 407 g/mol. The number of ether oxygens (including phenoxy) is 1. The largest absolute Gasteiger partial charge is 0.384 e. The first-order valence-electron chi connectivity index (χ1n) is 10.1. The summed E-state index contributed by atoms with van der Waals surface area (Å²) in [5.74, 6) is -0.968. The molecule has 0 bridgehead atoms. The average molecular weight is 435 g/mol. The van der Waals surface area contributed by atoms with Crippen LogP contribution in [0.15, 0.2) is 66.7 Å². The van der Waals surface area contributed by atoms with Crippen LogP contribution in [0, 0.1) is 11.2 Å². The molecule has 0 spiro atoms. The third kappa shape index (κ3) is 5.31. The summed E-state index contributed by atoms with van der Waals surface area (Å²) < 4.78 is 20.2. The molecule has 4 N–H and O–H groups in total. The van der Waals surface area contributed by atoms with Crippen LogP contribution in [0.5, 0.6) is 0 Å². The van der Waals surface area contributed by atoms with E-state index in [0.29, 0.717) is 5.56 Å². The molecule has 0 fully saturated rings. The molecule has 32 heavy (non-hydrogen) atoms. The van der Waals surface area contributed by atoms with Crippen LogP contribution in [-0.2, 0) is 16.1 Å². The van der Waals surface area contributed by atoms with Gasteiger partial charge in [-0.25, -0.2) is 4.39 Å². The Kier molecular flexibility index (Phi) is 7.22. The second-order valence-electron chi connectivity index (χ2n) is 7.62. The van der Waals surface area contributed by atoms with E-state index in [4.69, 9.17) is 15.9 Å². The van der Waals surface area contributed by atoms with Gasteiger partial charge in [-0.05, 0) is 34.9 Å². The van der Waals surface area contributed by atoms with Crippen LogP contribution < -0.4 is 16.0 Å². The second kappa shape index (κ2) is 10.1. The minimum Gasteiger partial charge on any atom is -0.384 e. The van der Waals surface area contributed by atoms with Gasteiger partial charge in [0.2, 0.25) is 0 Å². The highest BCUT2D eigenvalue weighted by Crippen LogP contribution is 2.28. The fraction of sp³-hybridized carbons (Fsp3) is 0.200. The van der Waals surface area contributed by atoms with Crippen molar-refractivity contribution in [2.24, 2.45) is 5.73 Å². The Bertz CT molecular complexity index is 1100. The van der Waals surface area contributed by atoms with E-state index >= 15 is 0 Å². The first kappa shape index (κ1) is 23.0. The maximum absolute atomic E-state index is 14.9. The van der Waals surface area contributed by atoms with Crippen molar-refractivity contribution in [2.45, 2.75) is 12.6 Å². The lowest BCUT2D eigenvalue weighted by molar-refractivity contribution is -0.131. The fourth-order valence-electron chi connectivity index (χ4n) is 3.33. The number of nitrogens with zero attached hydrogens (tertiary/aromatic N) is 1. The topological polar surface area (TPSA) is 91.4 Å². The van der Waals surface area contributed by atoms with Gasteiger partial charge in [-0.1, -0.05) is 48.5 Å². The molecule has 6 nitrogen and oxygen atoms in total. The van der Waals surface area contributed by atoms with Gasteiger partial charge in [0.15, 0.2) is 6.10 Å². The number of amides is 1. The first-order valence-corrected chi connectivity index (χ1v) is 10.1. The van der Waals surface area contributed by atoms with Crippen LogP contribution >= 0.6 is 0 Å². The maximum Gasteiger partial charge on any atom is 0.254 e. The number of carbonyl (C=O) groups is 1. The molecule has 0 aromatic heterocycles. The summed E-state index contributed by atoms with van der Waals surface area (Å²) in [6.45, 7) is 0.245. The minimum atomic E-state index is -1.07. The van der Waals surface area contributed by atoms with Crippen molar-refractivity contribution in [1.29, 1.82) is 5.41 Å². The van der Waals surface area contributed by atoms with Crippen LogP contribution in [0.2, 0.25) is 0 Å². The number of hydrogen-bond donors (Lipinski definition) is 3. The smallest absolute Gasteiger partial charge is 0.254 e. The molecule has 0 aliphatic heterocycles. The number of anilines is 1. The van der Waals surface area contributed by atoms with Crippen molar-refractivity contribution >= 4 is 17.4 Å². The predicted octanol–water partition coefficient (Wildman–Crippen LogP) is 3.85. The number of hydrogen-bond acceptors (Lipinski definition) is 4. The number of carbonyl (C=O) groups excluding carboxylic acids is 1. The molecule has 0 aliphatic carbocycles. The Balaban J connectivity index is 1.71. The lowest BCUT2D eigenvalue weighted by atomic mass is 10.0. The zero-order valence-corrected chi connectivity index (χ0v) is 18.4. The number of nitrogen functional groups attached to an aromatic ring is 1. The quantitative estimate of drug-likeness (QED) is 0.371. The van der Waals surface area contributed by atoms with Crippen LogP contribution in [0.4, 0.5) is 10.1 Å². The van der Waals surface area contributed by atoms with Gasteiger partial charge >= 0.3 is 0 Å². The summed E-state index contributed by atoms with van der Waals surface area (Å²) in [5.41, 5.74) is 9.71. The SMILES string of the molecule is COC(C(=O)NCc1ccc(C(=N)N)cc1)c1ccc(-c2ccc(N(C)C)cc2)cc1F. The van der Waals surface area contributed by atoms with Crippen molar-refractivity contribution in [3.63, 3.8) is 0 Å². The van der Waals surface area contributed by atoms with Gasteiger partial charge in [0.25, 0.3) is 5.91 Å². The molecule has 0 saturated carbocycles. The second-order valence-corrected chi connectivity index (χ2v) is 7.62. The molecular formula is C25H27FN4O2. The standard InChI is InChI=1S/C25H27FN4O2/c1-30(2)20-11-8-17(9-12-20)19-10-13-21(22(26)14-19)23(32-3)25(31)29-15-16-4-6-18(7-5-16)24(27)28/h4-14,23H,15H2,1-3H3,(H3,27,28)(H,29,31). The van der Waals surface area contributed by atoms with Gasteiger partial charge in [-0.15, -0.1) is 0 Å². The highest BCUT2D eigenvalue weighted by Gasteiger charge is 2.23. The van der Waals surface area contributed by atoms with E-state index in [2.05, 4.69) is 5.32 Å². The van der Waals surface area contributed by atoms with Crippen molar-refractivity contribution in [3.05, 3.63) is 89.2 Å². The monoisotopic (exact) mass is 434 g/mol. The van der Waals surface area contributed by atoms with E-state index in [-0.39, 0.29) is 17.9 Å². The molecule has 3 aromatic carbocycles. The Morgan fingerprint density at radius 2 is 1.69 bits per heavy atom. The molecule has 1 amide bonds. The highest BCUT2D eigenvalue weighted by atomic mass is 19.1. The average Bonchev–Trinajstić information content (AvgIpc) is 2.79. The summed E-state index contributed by atoms with van der Waals surface area (Å²) in [6, 6.07) is 19.5. The van der Waals surface area contributed by atoms with Gasteiger partial charge in [-0.2, -0.15) is 0 Å². The number of amidine groups is 1. The fourth-order valence-corrected chi connectivity index (χ4v) is 3.33. The number of nitrogens with two attached hydrogens (primary N) is 1. The first-order chi connectivity index (χ1) is 15.3. The molecule has 0 saturated heterocycles. The molecule has 0 aliphatic rings. The summed E-state index contributed by atoms with van der Waals surface area (Å²) in [7, 11) is 5.29. The minimum absolute atomic E-state index is 0.0207. The molecule has 3 aromatic rings. The zero-order chi connectivity index (χ0) is 23.3. The summed E-state index contributed by atoms with van der Waals surface area (Å²) >= 11 is 0. The Labute approximate surface area is 187 Å². The van der Waals surface area contributed by atoms with Crippen molar-refractivity contribution < 1.29 is 13.9 Å². The third-order valence-electron chi connectivity index (χ3n) is 5.21. The van der Waals surface area contributed by atoms with Crippen LogP contribution in [0.3, 0.4) is 0 Å². The van der Waals surface area contributed by atoms with Crippen LogP contribution in [-0.4, -0.2) is 32.9 Å². The lowest BCUT2D eigenvalue weighted by Crippen LogP contribution is -2.30. The molecule has 1 unspecified atom stereocenters. The molecule has 0 heterocycles. The van der Waals surface area contributed by atoms with E-state index < -0.39 is 17.8 Å². The molecule has 166 valence electrons. The normalized spacial score (nSPS) is 11.6. The number of methoxy groups -OCH3 is 1. The Hall–Kier alpha value is -3.71. The molecule has 1 atom stereocenters. The van der Waals surface area contributed by atoms with Gasteiger partial charge in [-0.3, -0.25) is 10.2 Å². The summed E-state index contributed by atoms with van der Waals surface area (Å²) in [5, 5.41) is 10.2. The van der Waals surface area contributed by atoms with Crippen LogP contribution in [0.25, 0.3) is 11.1 Å². The van der Waals surface area contributed by atoms with Crippen molar-refractivity contribution in [1.82, 2.24) is 5.32 Å². The molecule has 7 heteroatoms. The number of halogens is 1. The third-order valence-corrected chi connectivity index (χ3v) is 5.21. The van der Waals surface area contributed by atoms with Crippen LogP contribution in [0.1, 0.15) is 22.8 Å². The van der Waals surface area contributed by atoms with Crippen molar-refractivity contribution in [3.8, 4) is 11.1 Å². The Morgan fingerprint density at radius 1 is 1.06 bits per heavy atom. The van der Waals surface area contributed by atoms with Gasteiger partial charge in [0.1, 0.15) is 11.7 Å². The molecule has 0 radical (unpaired) electrons. The number of nitrogens with one attached hydrogen (secondary N) is 2. The van der Waals surface area contributed by atoms with E-state index in [1.165, 1.54) is 13.2 Å². The zero-order valence-electron chi connectivity index (χ0n) is 18.4. The molecule has 3 rings (SSSR count). The van der Waals surface area contributed by atoms with Gasteiger partial charge in [0.05, 0.1) is 0 Å². The van der Waals surface area contributed by atoms with E-state index in [9.17, 15) is 9.18 Å². The van der Waals surface area contributed by atoms with E-state index in [0.717, 1.165) is 22.4 Å². The summed E-state index contributed by atoms with van der Waals surface area (Å²) in [4.78, 5) is 14.7. The number of rotatable bonds is 8. The lowest BCUT2D eigenvalue weighted by Gasteiger charge is -2.17. The predicted molar refractivity (Wildman–Crippen MR) is 125 cm³/mol. The van der Waals surface area contributed by atoms with Crippen molar-refractivity contribution in [2.75, 3.05) is 26.1 Å². The maximum atomic E-state index is 14.9.